The Labute approximate surface area is 781 Å². The molecule has 24 N–H and O–H groups in total. The number of nitrogens with two attached hydrogens (primary N) is 1. The summed E-state index contributed by atoms with van der Waals surface area (Å²) in [7, 11) is -5.22. The maximum Gasteiger partial charge on any atom is 0.339 e. The number of carboxylic acid groups (broad SMARTS) is 1. The fourth-order valence-corrected chi connectivity index (χ4v) is 13.3. The molecule has 0 aromatic heterocycles. The second kappa shape index (κ2) is 41.4. The summed E-state index contributed by atoms with van der Waals surface area (Å²) in [5, 5.41) is 41.0. The van der Waals surface area contributed by atoms with E-state index in [9.17, 15) is 32.3 Å². The van der Waals surface area contributed by atoms with E-state index in [1.54, 1.807) is 0 Å². The number of aliphatic hydroxyl groups excluding tert-OH is 6. The number of fused-ring (bicyclic) bond motifs is 15. The number of carbonyl (C=O) groups excluding carboxylic acids is 7. The van der Waals surface area contributed by atoms with Gasteiger partial charge in [0.15, 0.2) is 41.2 Å². The average molecular weight is 1810 g/mol. The topological polar surface area (TPSA) is 598 Å². The zero-order chi connectivity index (χ0) is 133. The van der Waals surface area contributed by atoms with Crippen LogP contribution in [0.25, 0.3) is 12.6 Å². The van der Waals surface area contributed by atoms with Gasteiger partial charge in [-0.25, -0.2) is 4.79 Å². The van der Waals surface area contributed by atoms with Crippen molar-refractivity contribution in [3.8, 4) is 57.1 Å². The number of carbonyl (C=O) groups is 8. The average Bonchev–Trinajstić information content (AvgIpc) is 0.678. The van der Waals surface area contributed by atoms with Gasteiger partial charge in [-0.1, -0.05) is 107 Å². The summed E-state index contributed by atoms with van der Waals surface area (Å²) in [4.78, 5) is 135. The fourth-order valence-electron chi connectivity index (χ4n) is 12.7. The molecule has 121 heavy (non-hydrogen) atoms. The molecule has 7 heterocycles. The first-order chi connectivity index (χ1) is 79.8. The van der Waals surface area contributed by atoms with Gasteiger partial charge in [0.25, 0.3) is 5.72 Å². The Morgan fingerprint density at radius 1 is 0.752 bits per heavy atom. The van der Waals surface area contributed by atoms with Crippen molar-refractivity contribution < 1.29 is 189 Å². The van der Waals surface area contributed by atoms with E-state index in [2.05, 4.69) is 14.9 Å². The third-order valence-electron chi connectivity index (χ3n) is 18.4. The molecular weight excluding hydrogens is 1650 g/mol. The summed E-state index contributed by atoms with van der Waals surface area (Å²) in [6.07, 6.45) is -74.0. The van der Waals surface area contributed by atoms with Crippen molar-refractivity contribution in [1.82, 2.24) is 53.1 Å². The number of primary amides is 1. The second-order valence-corrected chi connectivity index (χ2v) is 29.3. The van der Waals surface area contributed by atoms with E-state index in [-0.39, 0.29) is 17.8 Å². The van der Waals surface area contributed by atoms with Crippen LogP contribution in [0.4, 0.5) is 0 Å². The molecule has 0 unspecified atom stereocenters. The summed E-state index contributed by atoms with van der Waals surface area (Å²) >= 11 is 14.5. The van der Waals surface area contributed by atoms with E-state index in [1.807, 2.05) is 0 Å². The molecule has 0 radical (unpaired) electrons. The number of nitrogens with one attached hydrogen (secondary N) is 10. The minimum atomic E-state index is -6.21. The van der Waals surface area contributed by atoms with Crippen molar-refractivity contribution in [2.24, 2.45) is 11.6 Å². The van der Waals surface area contributed by atoms with Gasteiger partial charge in [-0.2, -0.15) is 0 Å². The molecule has 5 aromatic rings. The van der Waals surface area contributed by atoms with Gasteiger partial charge in [0, 0.05) is 85.2 Å². The smallest absolute Gasteiger partial charge is 0.339 e. The van der Waals surface area contributed by atoms with Gasteiger partial charge >= 0.3 is 13.6 Å². The number of phenolic OH excluding ortho intramolecular Hbond substituents is 3. The first-order valence-corrected chi connectivity index (χ1v) is 37.7. The third-order valence-corrected chi connectivity index (χ3v) is 19.4. The summed E-state index contributed by atoms with van der Waals surface area (Å²) in [6.45, 7) is -20.0. The number of rotatable bonds is 41. The standard InChI is InChI=1S/C80H106Cl2N11O27P/c1-7-8-9-10-11-12-13-14-21-85-22-23-87-80(5)32-57(115-37(4)71(80)103)119-70-68(102)67(101)55(34-94)118-79(70)120-69-53-28-41-29-54(69)117-52-20-17-40(27-46(52)82)65(99)63-77(109)91-61(78(110)111)43-30-50(96)44(33-86-35-121(112,113)114)66(100)58(43)42-25-38(15-18-49(42)95)59(74(106)93-63)90-75(107)60(41)89-73(105)48(31-56(83)97)88-76(108)62(92-72(104)47(84-6)24-36(2)3)64(98)39-16-19-51(116-53)45(81)26-39/h15-20,25-30,36-37,47-48,55,57,59-65,67-68,70-71,79,84-87,94-96,98-103H,7-14,21-24,31-35H2,1-6H3,(H2,83,97)(H,88,108)(H,89,105)(H,90,107)(H,91,109)(H,92,104)(H,93,106)(H,110,111)(H2,112,113,114)/t37-,47+,48-,55+,57-,59+,60+,61+,62+,63-,64+,65+,67+,68-,70+,71+,79-,80-/m0/s1/i1D3,7D2,8D2,9D2,10D2,11D2,12D2,13D2,14D2,21D2,22D2,23D2,33D2,35D2,94D,98D,99D,101D,102D,103D/hD18. The number of phenols is 3. The number of amides is 7. The van der Waals surface area contributed by atoms with Gasteiger partial charge in [0.2, 0.25) is 64.8 Å². The molecule has 5 aromatic carbocycles. The number of aliphatic carboxylic acids is 1. The van der Waals surface area contributed by atoms with E-state index < -0.39 is 428 Å². The van der Waals surface area contributed by atoms with E-state index in [1.165, 1.54) is 13.8 Å². The Morgan fingerprint density at radius 3 is 2.09 bits per heavy atom. The zero-order valence-electron chi connectivity index (χ0n) is 116. The Balaban J connectivity index is 1.31. The van der Waals surface area contributed by atoms with Gasteiger partial charge in [0.05, 0.1) is 55.9 Å². The molecule has 7 aliphatic heterocycles. The first kappa shape index (κ1) is 45.5. The number of hydrogen-bond donors (Lipinski definition) is 23. The summed E-state index contributed by atoms with van der Waals surface area (Å²) in [5.74, 6) is -28.7. The molecule has 662 valence electrons. The monoisotopic (exact) mass is 1810 g/mol. The molecule has 12 rings (SSSR count). The highest BCUT2D eigenvalue weighted by Gasteiger charge is 2.52. The van der Waals surface area contributed by atoms with Crippen LogP contribution >= 0.6 is 30.8 Å². The molecule has 18 atom stereocenters. The SMILES string of the molecule is [2H]OC[C@H]1O[C@@H](Oc2c3cc4cc2Oc2ccc(cc2Cl)[C@@H](O[2H])[C@@H](N([2H])C(=O)[C@@H](CC(C)C)N([2H])C)C(=O)N([2H])[C@@H](CC(=O)N([2H])[2H])C(=O)N([2H])[C@H]4C(=O)N([2H])[C@H]2C(=O)N([2H])[C@H](C(=O)N([2H])[C@@H](C(=O)O[2H])c4cc(O[2H])c(C([2H])([2H])N([2H])C([2H])([2H])P(=O)(O[2H])O[2H])c(O[2H])c4-c4cc2ccc4O[2H])[C@H](O[2H])c2ccc(c(Cl)c2)O3)[C@H](O[C@H]2C[C@](C)(N([2H])C([2H])([2H])C([2H])([2H])N([2H])C([2H])([2H])C([2H])([2H])C([2H])([2H])C([2H])([2H])C([2H])([2H])C([2H])([2H])C([2H])([2H])C([2H])([2H])C([2H])([2H])C([2H])([2H])[2H])[C@H](O[2H])[C@H](C)O2)[C@@H](O[2H])[C@@H]1O[2H]. The number of aromatic hydroxyl groups is 3. The van der Waals surface area contributed by atoms with Crippen LogP contribution in [0.3, 0.4) is 0 Å². The van der Waals surface area contributed by atoms with Crippen molar-refractivity contribution in [2.75, 3.05) is 39.4 Å². The predicted octanol–water partition coefficient (Wildman–Crippen LogP) is 2.69. The fraction of sp³-hybridized carbons (Fsp3) is 0.525. The van der Waals surface area contributed by atoms with Crippen LogP contribution in [0.5, 0.6) is 46.0 Å². The summed E-state index contributed by atoms with van der Waals surface area (Å²) < 4.78 is 515. The highest BCUT2D eigenvalue weighted by atomic mass is 35.5. The Kier molecular flexibility index (Phi) is 15.6. The number of aliphatic hydroxyl groups is 6. The van der Waals surface area contributed by atoms with E-state index >= 15 is 28.8 Å². The maximum absolute atomic E-state index is 17.4. The van der Waals surface area contributed by atoms with Crippen molar-refractivity contribution in [2.45, 2.75) is 221 Å². The first-order valence-electron chi connectivity index (χ1n) is 60.2. The number of ether oxygens (including phenoxy) is 6. The van der Waals surface area contributed by atoms with Gasteiger partial charge in [-0.3, -0.25) is 38.1 Å². The van der Waals surface area contributed by atoms with Gasteiger partial charge in [-0.15, -0.1) is 0 Å². The second-order valence-electron chi connectivity index (χ2n) is 27.3. The lowest BCUT2D eigenvalue weighted by Crippen LogP contribution is -2.65. The highest BCUT2D eigenvalue weighted by Crippen LogP contribution is 2.51. The number of benzene rings is 5. The lowest BCUT2D eigenvalue weighted by Gasteiger charge is -2.48. The van der Waals surface area contributed by atoms with Crippen LogP contribution in [-0.4, -0.2) is 242 Å². The summed E-state index contributed by atoms with van der Waals surface area (Å²) in [5.41, 5.74) is -13.9. The third kappa shape index (κ3) is 23.0. The van der Waals surface area contributed by atoms with Gasteiger partial charge < -0.3 is 148 Å². The van der Waals surface area contributed by atoms with Crippen LogP contribution in [0, 0.1) is 5.92 Å². The van der Waals surface area contributed by atoms with Crippen LogP contribution in [0.2, 0.25) is 27.0 Å². The van der Waals surface area contributed by atoms with Crippen molar-refractivity contribution in [3.63, 3.8) is 0 Å². The minimum Gasteiger partial charge on any atom is -0.507 e. The molecular formula is C80H106Cl2N11O27P. The largest absolute Gasteiger partial charge is 0.507 e. The number of carboxylic acids is 1. The Hall–Kier alpha value is -9.13. The molecule has 11 bridgehead atoms. The quantitative estimate of drug-likeness (QED) is 0.0250. The van der Waals surface area contributed by atoms with Crippen LogP contribution < -0.4 is 73.0 Å². The number of hydrogen-bond acceptors (Lipinski definition) is 31. The molecule has 0 saturated carbocycles. The predicted molar refractivity (Wildman–Crippen MR) is 432 cm³/mol. The summed E-state index contributed by atoms with van der Waals surface area (Å²) in [6, 6.07) is -15.1. The Morgan fingerprint density at radius 2 is 1.45 bits per heavy atom. The number of likely N-dealkylation sites (N-methyl/N-ethyl adjacent to an activating group) is 1. The normalized spacial score (nSPS) is 35.0. The van der Waals surface area contributed by atoms with Gasteiger partial charge in [-0.05, 0) is 123 Å². The van der Waals surface area contributed by atoms with Crippen molar-refractivity contribution in [1.29, 1.82) is 17.2 Å². The molecule has 2 saturated heterocycles. The van der Waals surface area contributed by atoms with Crippen LogP contribution in [0.1, 0.15) is 208 Å². The van der Waals surface area contributed by atoms with Gasteiger partial charge in [0.1, 0.15) is 95.1 Å². The van der Waals surface area contributed by atoms with Crippen molar-refractivity contribution >= 4 is 78.1 Å². The molecule has 7 amide bonds. The molecule has 41 heteroatoms. The zero-order valence-corrected chi connectivity index (χ0v) is 65.2. The van der Waals surface area contributed by atoms with E-state index in [0.717, 1.165) is 32.2 Å². The number of halogens is 2. The van der Waals surface area contributed by atoms with Crippen LogP contribution in [-0.2, 0) is 63.6 Å². The maximum atomic E-state index is 17.4. The molecule has 38 nitrogen and oxygen atoms in total. The molecule has 0 spiro atoms. The molecule has 0 aliphatic carbocycles. The minimum absolute atomic E-state index is 0.175. The van der Waals surface area contributed by atoms with E-state index in [4.69, 9.17) is 153 Å². The lowest BCUT2D eigenvalue weighted by atomic mass is 9.85. The van der Waals surface area contributed by atoms with Crippen molar-refractivity contribution in [3.05, 3.63) is 116 Å². The van der Waals surface area contributed by atoms with E-state index in [0.29, 0.717) is 60.8 Å². The molecule has 7 aliphatic rings. The van der Waals surface area contributed by atoms with Crippen LogP contribution in [0.15, 0.2) is 72.8 Å². The Bertz CT molecular complexity index is 6820. The molecule has 2 fully saturated rings. The lowest BCUT2D eigenvalue weighted by molar-refractivity contribution is -0.334. The highest BCUT2D eigenvalue weighted by molar-refractivity contribution is 7.51.